The number of hydrogen-bond donors (Lipinski definition) is 0. The topological polar surface area (TPSA) is 3.24 Å². The molecule has 58 heavy (non-hydrogen) atoms. The predicted octanol–water partition coefficient (Wildman–Crippen LogP) is 16.5. The quantitative estimate of drug-likeness (QED) is 0.146. The van der Waals surface area contributed by atoms with Crippen molar-refractivity contribution in [1.82, 2.24) is 0 Å². The molecule has 10 aromatic carbocycles. The summed E-state index contributed by atoms with van der Waals surface area (Å²) in [6.45, 7) is 0. The molecule has 0 bridgehead atoms. The summed E-state index contributed by atoms with van der Waals surface area (Å²) in [6.07, 6.45) is 0. The van der Waals surface area contributed by atoms with Gasteiger partial charge in [0.25, 0.3) is 0 Å². The maximum absolute atomic E-state index is 2.48. The maximum Gasteiger partial charge on any atom is 0.0555 e. The van der Waals surface area contributed by atoms with Gasteiger partial charge in [-0.15, -0.1) is 11.3 Å². The highest BCUT2D eigenvalue weighted by molar-refractivity contribution is 7.26. The predicted molar refractivity (Wildman–Crippen MR) is 251 cm³/mol. The van der Waals surface area contributed by atoms with E-state index in [4.69, 9.17) is 0 Å². The molecule has 0 saturated heterocycles. The highest BCUT2D eigenvalue weighted by Gasteiger charge is 2.23. The first-order chi connectivity index (χ1) is 28.8. The summed E-state index contributed by atoms with van der Waals surface area (Å²) < 4.78 is 2.57. The van der Waals surface area contributed by atoms with Gasteiger partial charge in [0.05, 0.1) is 11.4 Å². The zero-order valence-electron chi connectivity index (χ0n) is 31.7. The Kier molecular flexibility index (Phi) is 8.42. The molecule has 0 unspecified atom stereocenters. The fraction of sp³-hybridized carbons (Fsp3) is 0. The van der Waals surface area contributed by atoms with Crippen LogP contribution in [0.15, 0.2) is 224 Å². The Hall–Kier alpha value is -7.26. The monoisotopic (exact) mass is 755 g/mol. The van der Waals surface area contributed by atoms with Gasteiger partial charge in [-0.05, 0) is 103 Å². The number of benzene rings is 10. The van der Waals surface area contributed by atoms with Gasteiger partial charge in [-0.3, -0.25) is 0 Å². The van der Waals surface area contributed by atoms with Crippen molar-refractivity contribution >= 4 is 70.1 Å². The van der Waals surface area contributed by atoms with E-state index in [0.717, 1.165) is 17.1 Å². The van der Waals surface area contributed by atoms with Crippen molar-refractivity contribution in [3.05, 3.63) is 224 Å². The molecule has 1 aromatic heterocycles. The molecule has 0 aliphatic carbocycles. The summed E-state index contributed by atoms with van der Waals surface area (Å²) in [6, 6.07) is 82.0. The van der Waals surface area contributed by atoms with Gasteiger partial charge in [-0.2, -0.15) is 0 Å². The van der Waals surface area contributed by atoms with Crippen molar-refractivity contribution in [2.24, 2.45) is 0 Å². The van der Waals surface area contributed by atoms with Crippen LogP contribution in [0.3, 0.4) is 0 Å². The highest BCUT2D eigenvalue weighted by atomic mass is 32.1. The number of para-hydroxylation sites is 1. The van der Waals surface area contributed by atoms with E-state index >= 15 is 0 Å². The van der Waals surface area contributed by atoms with Crippen LogP contribution in [0.2, 0.25) is 0 Å². The van der Waals surface area contributed by atoms with Gasteiger partial charge in [0.1, 0.15) is 0 Å². The number of anilines is 3. The van der Waals surface area contributed by atoms with E-state index in [9.17, 15) is 0 Å². The molecular formula is C56H37NS. The largest absolute Gasteiger partial charge is 0.309 e. The van der Waals surface area contributed by atoms with Crippen LogP contribution in [0.4, 0.5) is 17.1 Å². The SMILES string of the molecule is c1ccc(-c2ccccc2-c2ccccc2-c2ccccc2N(c2ccc(-c3ccc4c(ccc5ccccc54)c3)cc2)c2cccc3sc4ccccc4c23)cc1. The van der Waals surface area contributed by atoms with Crippen molar-refractivity contribution < 1.29 is 0 Å². The van der Waals surface area contributed by atoms with Crippen LogP contribution in [0.1, 0.15) is 0 Å². The van der Waals surface area contributed by atoms with Crippen LogP contribution in [0, 0.1) is 0 Å². The molecule has 0 aliphatic rings. The minimum atomic E-state index is 1.10. The fourth-order valence-corrected chi connectivity index (χ4v) is 9.91. The standard InChI is InChI=1S/C56H37NS/c1-2-15-39(16-3-1)45-19-6-7-20-47(45)48-21-8-9-22-49(48)50-23-10-12-25-52(50)57(53-26-14-28-55-56(53)51-24-11-13-27-54(51)58-55)43-34-31-38(32-35-43)41-33-36-46-42(37-41)30-29-40-17-4-5-18-44(40)46/h1-37H. The Bertz CT molecular complexity index is 3290. The Morgan fingerprint density at radius 2 is 0.845 bits per heavy atom. The average molecular weight is 756 g/mol. The third-order valence-electron chi connectivity index (χ3n) is 11.5. The zero-order valence-corrected chi connectivity index (χ0v) is 32.5. The van der Waals surface area contributed by atoms with Crippen molar-refractivity contribution in [2.45, 2.75) is 0 Å². The second kappa shape index (κ2) is 14.4. The maximum atomic E-state index is 2.48. The zero-order chi connectivity index (χ0) is 38.4. The smallest absolute Gasteiger partial charge is 0.0555 e. The molecule has 11 rings (SSSR count). The Morgan fingerprint density at radius 1 is 0.293 bits per heavy atom. The van der Waals surface area contributed by atoms with Crippen molar-refractivity contribution in [2.75, 3.05) is 4.90 Å². The van der Waals surface area contributed by atoms with Crippen LogP contribution in [-0.4, -0.2) is 0 Å². The van der Waals surface area contributed by atoms with Crippen LogP contribution in [0.5, 0.6) is 0 Å². The fourth-order valence-electron chi connectivity index (χ4n) is 8.78. The van der Waals surface area contributed by atoms with Crippen LogP contribution in [0.25, 0.3) is 86.2 Å². The summed E-state index contributed by atoms with van der Waals surface area (Å²) in [4.78, 5) is 2.48. The molecule has 0 spiro atoms. The molecule has 0 atom stereocenters. The Morgan fingerprint density at radius 3 is 1.66 bits per heavy atom. The minimum absolute atomic E-state index is 1.10. The Balaban J connectivity index is 1.10. The van der Waals surface area contributed by atoms with Gasteiger partial charge in [-0.1, -0.05) is 182 Å². The summed E-state index contributed by atoms with van der Waals surface area (Å²) in [7, 11) is 0. The molecule has 1 nitrogen and oxygen atoms in total. The second-order valence-corrected chi connectivity index (χ2v) is 15.9. The molecule has 2 heteroatoms. The first-order valence-electron chi connectivity index (χ1n) is 19.8. The summed E-state index contributed by atoms with van der Waals surface area (Å²) in [5, 5.41) is 7.63. The minimum Gasteiger partial charge on any atom is -0.309 e. The molecule has 1 heterocycles. The van der Waals surface area contributed by atoms with Gasteiger partial charge in [0.15, 0.2) is 0 Å². The molecule has 0 aliphatic heterocycles. The Labute approximate surface area is 342 Å². The van der Waals surface area contributed by atoms with E-state index < -0.39 is 0 Å². The number of nitrogens with zero attached hydrogens (tertiary/aromatic N) is 1. The number of fused-ring (bicyclic) bond motifs is 6. The summed E-state index contributed by atoms with van der Waals surface area (Å²) in [5.41, 5.74) is 13.0. The number of rotatable bonds is 7. The normalized spacial score (nSPS) is 11.4. The van der Waals surface area contributed by atoms with Crippen LogP contribution >= 0.6 is 11.3 Å². The van der Waals surface area contributed by atoms with Gasteiger partial charge in [-0.25, -0.2) is 0 Å². The molecule has 11 aromatic rings. The van der Waals surface area contributed by atoms with E-state index in [-0.39, 0.29) is 0 Å². The van der Waals surface area contributed by atoms with Gasteiger partial charge in [0, 0.05) is 31.4 Å². The number of hydrogen-bond acceptors (Lipinski definition) is 2. The van der Waals surface area contributed by atoms with E-state index in [1.165, 1.54) is 86.2 Å². The van der Waals surface area contributed by atoms with Crippen molar-refractivity contribution in [1.29, 1.82) is 0 Å². The van der Waals surface area contributed by atoms with Crippen molar-refractivity contribution in [3.63, 3.8) is 0 Å². The van der Waals surface area contributed by atoms with Crippen LogP contribution in [-0.2, 0) is 0 Å². The lowest BCUT2D eigenvalue weighted by molar-refractivity contribution is 1.30. The van der Waals surface area contributed by atoms with E-state index in [0.29, 0.717) is 0 Å². The first-order valence-corrected chi connectivity index (χ1v) is 20.7. The van der Waals surface area contributed by atoms with Crippen LogP contribution < -0.4 is 4.90 Å². The molecule has 0 fully saturated rings. The summed E-state index contributed by atoms with van der Waals surface area (Å²) >= 11 is 1.86. The van der Waals surface area contributed by atoms with E-state index in [1.54, 1.807) is 0 Å². The van der Waals surface area contributed by atoms with Crippen molar-refractivity contribution in [3.8, 4) is 44.5 Å². The lowest BCUT2D eigenvalue weighted by Gasteiger charge is -2.29. The molecule has 272 valence electrons. The second-order valence-electron chi connectivity index (χ2n) is 14.8. The molecule has 0 radical (unpaired) electrons. The molecule has 0 amide bonds. The third kappa shape index (κ3) is 5.86. The molecule has 0 saturated carbocycles. The van der Waals surface area contributed by atoms with Gasteiger partial charge in [0.2, 0.25) is 0 Å². The molecule has 0 N–H and O–H groups in total. The molecular weight excluding hydrogens is 719 g/mol. The van der Waals surface area contributed by atoms with Gasteiger partial charge < -0.3 is 4.90 Å². The summed E-state index contributed by atoms with van der Waals surface area (Å²) in [5.74, 6) is 0. The highest BCUT2D eigenvalue weighted by Crippen LogP contribution is 2.49. The average Bonchev–Trinajstić information content (AvgIpc) is 3.69. The van der Waals surface area contributed by atoms with E-state index in [1.807, 2.05) is 11.3 Å². The lowest BCUT2D eigenvalue weighted by Crippen LogP contribution is -2.11. The third-order valence-corrected chi connectivity index (χ3v) is 12.6. The number of thiophene rings is 1. The lowest BCUT2D eigenvalue weighted by atomic mass is 9.88. The van der Waals surface area contributed by atoms with Gasteiger partial charge >= 0.3 is 0 Å². The first kappa shape index (κ1) is 34.0. The van der Waals surface area contributed by atoms with E-state index in [2.05, 4.69) is 229 Å².